The molecule has 20 heavy (non-hydrogen) atoms. The summed E-state index contributed by atoms with van der Waals surface area (Å²) in [6, 6.07) is 0.604. The van der Waals surface area contributed by atoms with Crippen molar-refractivity contribution in [3.8, 4) is 0 Å². The SMILES string of the molecule is CC(C)(C)OC(=O)N1CCCC(CNC2CC=CC2)C1. The molecule has 1 amide bonds. The molecule has 0 aromatic rings. The van der Waals surface area contributed by atoms with Gasteiger partial charge in [-0.2, -0.15) is 0 Å². The van der Waals surface area contributed by atoms with Crippen molar-refractivity contribution in [3.63, 3.8) is 0 Å². The third-order valence-electron chi connectivity index (χ3n) is 3.87. The van der Waals surface area contributed by atoms with Crippen molar-refractivity contribution in [2.45, 2.75) is 58.1 Å². The number of nitrogens with zero attached hydrogens (tertiary/aromatic N) is 1. The Hall–Kier alpha value is -1.03. The van der Waals surface area contributed by atoms with E-state index in [1.54, 1.807) is 0 Å². The summed E-state index contributed by atoms with van der Waals surface area (Å²) < 4.78 is 5.46. The fourth-order valence-corrected chi connectivity index (χ4v) is 2.84. The molecule has 2 rings (SSSR count). The van der Waals surface area contributed by atoms with E-state index in [2.05, 4.69) is 17.5 Å². The Bertz CT molecular complexity index is 352. The minimum atomic E-state index is -0.405. The highest BCUT2D eigenvalue weighted by Crippen LogP contribution is 2.19. The molecule has 1 atom stereocenters. The predicted molar refractivity (Wildman–Crippen MR) is 80.7 cm³/mol. The highest BCUT2D eigenvalue weighted by Gasteiger charge is 2.27. The Morgan fingerprint density at radius 2 is 2.05 bits per heavy atom. The molecule has 4 heteroatoms. The first-order valence-corrected chi connectivity index (χ1v) is 7.80. The largest absolute Gasteiger partial charge is 0.444 e. The predicted octanol–water partition coefficient (Wildman–Crippen LogP) is 2.94. The van der Waals surface area contributed by atoms with Crippen LogP contribution in [-0.2, 0) is 4.74 Å². The summed E-state index contributed by atoms with van der Waals surface area (Å²) in [5, 5.41) is 3.62. The topological polar surface area (TPSA) is 41.6 Å². The zero-order chi connectivity index (χ0) is 14.6. The summed E-state index contributed by atoms with van der Waals surface area (Å²) in [4.78, 5) is 14.0. The van der Waals surface area contributed by atoms with E-state index in [1.165, 1.54) is 6.42 Å². The molecular formula is C16H28N2O2. The van der Waals surface area contributed by atoms with Crippen molar-refractivity contribution in [1.29, 1.82) is 0 Å². The fraction of sp³-hybridized carbons (Fsp3) is 0.812. The van der Waals surface area contributed by atoms with Gasteiger partial charge < -0.3 is 15.0 Å². The molecule has 0 radical (unpaired) electrons. The van der Waals surface area contributed by atoms with Crippen molar-refractivity contribution in [3.05, 3.63) is 12.2 Å². The van der Waals surface area contributed by atoms with E-state index in [-0.39, 0.29) is 6.09 Å². The van der Waals surface area contributed by atoms with Gasteiger partial charge in [-0.15, -0.1) is 0 Å². The molecule has 0 saturated carbocycles. The Kier molecular flexibility index (Phi) is 5.08. The van der Waals surface area contributed by atoms with Crippen LogP contribution < -0.4 is 5.32 Å². The second-order valence-corrected chi connectivity index (χ2v) is 6.98. The molecule has 0 aromatic carbocycles. The molecule has 1 aliphatic heterocycles. The molecular weight excluding hydrogens is 252 g/mol. The number of nitrogens with one attached hydrogen (secondary N) is 1. The number of hydrogen-bond acceptors (Lipinski definition) is 3. The lowest BCUT2D eigenvalue weighted by Gasteiger charge is -2.34. The number of hydrogen-bond donors (Lipinski definition) is 1. The van der Waals surface area contributed by atoms with Gasteiger partial charge in [-0.1, -0.05) is 12.2 Å². The average Bonchev–Trinajstić information content (AvgIpc) is 2.88. The van der Waals surface area contributed by atoms with Gasteiger partial charge in [-0.3, -0.25) is 0 Å². The first-order valence-electron chi connectivity index (χ1n) is 7.80. The van der Waals surface area contributed by atoms with Gasteiger partial charge in [0.25, 0.3) is 0 Å². The quantitative estimate of drug-likeness (QED) is 0.808. The van der Waals surface area contributed by atoms with Gasteiger partial charge in [0.15, 0.2) is 0 Å². The maximum absolute atomic E-state index is 12.1. The number of carbonyl (C=O) groups is 1. The zero-order valence-electron chi connectivity index (χ0n) is 13.0. The van der Waals surface area contributed by atoms with Crippen molar-refractivity contribution < 1.29 is 9.53 Å². The van der Waals surface area contributed by atoms with E-state index >= 15 is 0 Å². The summed E-state index contributed by atoms with van der Waals surface area (Å²) >= 11 is 0. The number of ether oxygens (including phenoxy) is 1. The van der Waals surface area contributed by atoms with Crippen LogP contribution in [0.4, 0.5) is 4.79 Å². The van der Waals surface area contributed by atoms with Crippen LogP contribution in [0.1, 0.15) is 46.5 Å². The van der Waals surface area contributed by atoms with Crippen molar-refractivity contribution in [2.75, 3.05) is 19.6 Å². The molecule has 1 saturated heterocycles. The minimum absolute atomic E-state index is 0.162. The molecule has 1 fully saturated rings. The van der Waals surface area contributed by atoms with E-state index in [4.69, 9.17) is 4.74 Å². The van der Waals surface area contributed by atoms with E-state index in [1.807, 2.05) is 25.7 Å². The molecule has 2 aliphatic rings. The van der Waals surface area contributed by atoms with Crippen molar-refractivity contribution >= 4 is 6.09 Å². The third-order valence-corrected chi connectivity index (χ3v) is 3.87. The summed E-state index contributed by atoms with van der Waals surface area (Å²) in [7, 11) is 0. The third kappa shape index (κ3) is 4.82. The number of amides is 1. The monoisotopic (exact) mass is 280 g/mol. The number of carbonyl (C=O) groups excluding carboxylic acids is 1. The molecule has 1 unspecified atom stereocenters. The highest BCUT2D eigenvalue weighted by atomic mass is 16.6. The molecule has 0 aromatic heterocycles. The fourth-order valence-electron chi connectivity index (χ4n) is 2.84. The lowest BCUT2D eigenvalue weighted by molar-refractivity contribution is 0.0165. The van der Waals surface area contributed by atoms with Crippen LogP contribution in [0, 0.1) is 5.92 Å². The van der Waals surface area contributed by atoms with E-state index < -0.39 is 5.60 Å². The maximum atomic E-state index is 12.1. The Morgan fingerprint density at radius 3 is 2.70 bits per heavy atom. The van der Waals surface area contributed by atoms with Crippen molar-refractivity contribution in [2.24, 2.45) is 5.92 Å². The first kappa shape index (κ1) is 15.4. The minimum Gasteiger partial charge on any atom is -0.444 e. The van der Waals surface area contributed by atoms with Gasteiger partial charge in [-0.05, 0) is 58.9 Å². The molecule has 0 spiro atoms. The van der Waals surface area contributed by atoms with E-state index in [0.717, 1.165) is 38.9 Å². The van der Waals surface area contributed by atoms with Crippen LogP contribution >= 0.6 is 0 Å². The number of likely N-dealkylation sites (tertiary alicyclic amines) is 1. The number of rotatable bonds is 3. The van der Waals surface area contributed by atoms with Gasteiger partial charge in [0, 0.05) is 19.1 Å². The van der Waals surface area contributed by atoms with Gasteiger partial charge in [0.05, 0.1) is 0 Å². The molecule has 1 N–H and O–H groups in total. The Morgan fingerprint density at radius 1 is 1.35 bits per heavy atom. The second kappa shape index (κ2) is 6.61. The first-order chi connectivity index (χ1) is 9.44. The standard InChI is InChI=1S/C16H28N2O2/c1-16(2,3)20-15(19)18-10-6-7-13(12-18)11-17-14-8-4-5-9-14/h4-5,13-14,17H,6-12H2,1-3H3. The number of piperidine rings is 1. The smallest absolute Gasteiger partial charge is 0.410 e. The second-order valence-electron chi connectivity index (χ2n) is 6.98. The van der Waals surface area contributed by atoms with Crippen LogP contribution in [0.2, 0.25) is 0 Å². The molecule has 4 nitrogen and oxygen atoms in total. The van der Waals surface area contributed by atoms with E-state index in [0.29, 0.717) is 12.0 Å². The van der Waals surface area contributed by atoms with Crippen molar-refractivity contribution in [1.82, 2.24) is 10.2 Å². The lowest BCUT2D eigenvalue weighted by Crippen LogP contribution is -2.45. The maximum Gasteiger partial charge on any atom is 0.410 e. The summed E-state index contributed by atoms with van der Waals surface area (Å²) in [5.74, 6) is 0.553. The summed E-state index contributed by atoms with van der Waals surface area (Å²) in [6.45, 7) is 8.41. The lowest BCUT2D eigenvalue weighted by atomic mass is 9.98. The molecule has 1 aliphatic carbocycles. The van der Waals surface area contributed by atoms with Gasteiger partial charge >= 0.3 is 6.09 Å². The average molecular weight is 280 g/mol. The van der Waals surface area contributed by atoms with Crippen LogP contribution in [0.3, 0.4) is 0 Å². The Labute approximate surface area is 122 Å². The van der Waals surface area contributed by atoms with Crippen LogP contribution in [0.5, 0.6) is 0 Å². The van der Waals surface area contributed by atoms with Crippen LogP contribution in [0.25, 0.3) is 0 Å². The van der Waals surface area contributed by atoms with Crippen LogP contribution in [0.15, 0.2) is 12.2 Å². The van der Waals surface area contributed by atoms with Crippen LogP contribution in [-0.4, -0.2) is 42.3 Å². The van der Waals surface area contributed by atoms with Gasteiger partial charge in [0.2, 0.25) is 0 Å². The van der Waals surface area contributed by atoms with Gasteiger partial charge in [-0.25, -0.2) is 4.79 Å². The highest BCUT2D eigenvalue weighted by molar-refractivity contribution is 5.68. The molecule has 114 valence electrons. The van der Waals surface area contributed by atoms with Gasteiger partial charge in [0.1, 0.15) is 5.60 Å². The molecule has 0 bridgehead atoms. The normalized spacial score (nSPS) is 24.1. The zero-order valence-corrected chi connectivity index (χ0v) is 13.0. The summed E-state index contributed by atoms with van der Waals surface area (Å²) in [5.41, 5.74) is -0.405. The van der Waals surface area contributed by atoms with E-state index in [9.17, 15) is 4.79 Å². The molecule has 1 heterocycles. The summed E-state index contributed by atoms with van der Waals surface area (Å²) in [6.07, 6.45) is 8.88. The Balaban J connectivity index is 1.74.